The van der Waals surface area contributed by atoms with Crippen LogP contribution in [0.3, 0.4) is 0 Å². The molecule has 1 amide bonds. The molecule has 0 unspecified atom stereocenters. The molecule has 4 nitrogen and oxygen atoms in total. The van der Waals surface area contributed by atoms with Gasteiger partial charge in [-0.15, -0.1) is 0 Å². The third kappa shape index (κ3) is 4.74. The number of allylic oxidation sites excluding steroid dienone is 2. The Kier molecular flexibility index (Phi) is 5.55. The highest BCUT2D eigenvalue weighted by Gasteiger charge is 2.19. The molecule has 1 N–H and O–H groups in total. The van der Waals surface area contributed by atoms with Crippen LogP contribution in [0.5, 0.6) is 0 Å². The zero-order valence-corrected chi connectivity index (χ0v) is 12.2. The molecule has 0 radical (unpaired) electrons. The zero-order chi connectivity index (χ0) is 15.1. The molecule has 0 aromatic heterocycles. The number of hydrogen-bond donors (Lipinski definition) is 1. The number of ether oxygens (including phenoxy) is 1. The van der Waals surface area contributed by atoms with E-state index in [1.807, 2.05) is 49.4 Å². The molecule has 1 heterocycles. The van der Waals surface area contributed by atoms with E-state index in [-0.39, 0.29) is 30.4 Å². The minimum absolute atomic E-state index is 0.0295. The van der Waals surface area contributed by atoms with Gasteiger partial charge in [0.05, 0.1) is 12.0 Å². The molecule has 4 heteroatoms. The molecule has 2 rings (SSSR count). The maximum absolute atomic E-state index is 11.9. The molecular formula is C17H21NO3. The molecule has 112 valence electrons. The van der Waals surface area contributed by atoms with Crippen molar-refractivity contribution in [2.75, 3.05) is 6.61 Å². The van der Waals surface area contributed by atoms with Crippen molar-refractivity contribution in [1.82, 2.24) is 5.32 Å². The summed E-state index contributed by atoms with van der Waals surface area (Å²) < 4.78 is 5.35. The van der Waals surface area contributed by atoms with Crippen molar-refractivity contribution in [2.45, 2.75) is 32.2 Å². The molecule has 1 aliphatic rings. The van der Waals surface area contributed by atoms with Crippen LogP contribution >= 0.6 is 0 Å². The first-order valence-corrected chi connectivity index (χ1v) is 7.32. The number of cyclic esters (lactones) is 1. The summed E-state index contributed by atoms with van der Waals surface area (Å²) in [5, 5.41) is 2.94. The maximum Gasteiger partial charge on any atom is 0.309 e. The van der Waals surface area contributed by atoms with Gasteiger partial charge in [0.1, 0.15) is 6.61 Å². The summed E-state index contributed by atoms with van der Waals surface area (Å²) >= 11 is 0. The minimum Gasteiger partial charge on any atom is -0.463 e. The van der Waals surface area contributed by atoms with Crippen molar-refractivity contribution in [1.29, 1.82) is 0 Å². The molecule has 0 bridgehead atoms. The van der Waals surface area contributed by atoms with Gasteiger partial charge in [0.15, 0.2) is 0 Å². The SMILES string of the molecule is C[C@@H]1C/C=C\CCC(=O)N[C@H](c2ccccc2)COC1=O. The van der Waals surface area contributed by atoms with E-state index in [2.05, 4.69) is 5.32 Å². The van der Waals surface area contributed by atoms with E-state index in [9.17, 15) is 9.59 Å². The van der Waals surface area contributed by atoms with E-state index in [0.717, 1.165) is 5.56 Å². The molecule has 1 aromatic carbocycles. The van der Waals surface area contributed by atoms with Crippen LogP contribution in [-0.4, -0.2) is 18.5 Å². The summed E-state index contributed by atoms with van der Waals surface area (Å²) in [6, 6.07) is 9.29. The topological polar surface area (TPSA) is 55.4 Å². The normalized spacial score (nSPS) is 26.0. The van der Waals surface area contributed by atoms with Gasteiger partial charge in [-0.3, -0.25) is 9.59 Å². The van der Waals surface area contributed by atoms with Gasteiger partial charge in [-0.1, -0.05) is 49.4 Å². The maximum atomic E-state index is 11.9. The van der Waals surface area contributed by atoms with Crippen molar-refractivity contribution in [3.63, 3.8) is 0 Å². The third-order valence-electron chi connectivity index (χ3n) is 3.53. The number of carbonyl (C=O) groups excluding carboxylic acids is 2. The Hall–Kier alpha value is -2.10. The molecule has 1 aromatic rings. The summed E-state index contributed by atoms with van der Waals surface area (Å²) in [6.07, 6.45) is 5.67. The Labute approximate surface area is 125 Å². The molecule has 0 saturated heterocycles. The van der Waals surface area contributed by atoms with Crippen molar-refractivity contribution in [3.05, 3.63) is 48.0 Å². The Morgan fingerprint density at radius 3 is 2.67 bits per heavy atom. The summed E-state index contributed by atoms with van der Waals surface area (Å²) in [7, 11) is 0. The lowest BCUT2D eigenvalue weighted by Crippen LogP contribution is -2.32. The fraction of sp³-hybridized carbons (Fsp3) is 0.412. The van der Waals surface area contributed by atoms with Crippen LogP contribution in [0.25, 0.3) is 0 Å². The van der Waals surface area contributed by atoms with Crippen molar-refractivity contribution < 1.29 is 14.3 Å². The van der Waals surface area contributed by atoms with Gasteiger partial charge in [0.25, 0.3) is 0 Å². The highest BCUT2D eigenvalue weighted by molar-refractivity contribution is 5.77. The highest BCUT2D eigenvalue weighted by atomic mass is 16.5. The van der Waals surface area contributed by atoms with E-state index in [1.165, 1.54) is 0 Å². The first-order valence-electron chi connectivity index (χ1n) is 7.32. The smallest absolute Gasteiger partial charge is 0.309 e. The average Bonchev–Trinajstić information content (AvgIpc) is 2.50. The second kappa shape index (κ2) is 7.62. The van der Waals surface area contributed by atoms with Crippen LogP contribution in [0.2, 0.25) is 0 Å². The van der Waals surface area contributed by atoms with Gasteiger partial charge in [-0.05, 0) is 18.4 Å². The molecule has 0 spiro atoms. The molecule has 1 aliphatic heterocycles. The van der Waals surface area contributed by atoms with Gasteiger partial charge >= 0.3 is 5.97 Å². The number of amides is 1. The Balaban J connectivity index is 2.13. The summed E-state index contributed by atoms with van der Waals surface area (Å²) in [5.74, 6) is -0.415. The lowest BCUT2D eigenvalue weighted by atomic mass is 10.1. The number of rotatable bonds is 1. The molecule has 0 fully saturated rings. The predicted molar refractivity (Wildman–Crippen MR) is 80.4 cm³/mol. The van der Waals surface area contributed by atoms with Crippen LogP contribution in [0, 0.1) is 5.92 Å². The molecular weight excluding hydrogens is 266 g/mol. The van der Waals surface area contributed by atoms with Crippen molar-refractivity contribution in [2.24, 2.45) is 5.92 Å². The number of nitrogens with one attached hydrogen (secondary N) is 1. The summed E-state index contributed by atoms with van der Waals surface area (Å²) in [5.41, 5.74) is 0.943. The van der Waals surface area contributed by atoms with Crippen LogP contribution in [0.4, 0.5) is 0 Å². The number of carbonyl (C=O) groups is 2. The van der Waals surface area contributed by atoms with Gasteiger partial charge in [-0.25, -0.2) is 0 Å². The third-order valence-corrected chi connectivity index (χ3v) is 3.53. The van der Waals surface area contributed by atoms with Crippen LogP contribution in [-0.2, 0) is 14.3 Å². The zero-order valence-electron chi connectivity index (χ0n) is 12.2. The highest BCUT2D eigenvalue weighted by Crippen LogP contribution is 2.16. The standard InChI is InChI=1S/C17H21NO3/c1-13-8-4-2-7-11-16(19)18-15(12-21-17(13)20)14-9-5-3-6-10-14/h2-6,9-10,13,15H,7-8,11-12H2,1H3,(H,18,19)/b4-2-/t13-,15+/m1/s1. The second-order valence-corrected chi connectivity index (χ2v) is 5.31. The first kappa shape index (κ1) is 15.3. The summed E-state index contributed by atoms with van der Waals surface area (Å²) in [6.45, 7) is 2.02. The van der Waals surface area contributed by atoms with Crippen molar-refractivity contribution >= 4 is 11.9 Å². The van der Waals surface area contributed by atoms with E-state index < -0.39 is 0 Å². The monoisotopic (exact) mass is 287 g/mol. The van der Waals surface area contributed by atoms with E-state index in [0.29, 0.717) is 19.3 Å². The van der Waals surface area contributed by atoms with Gasteiger partial charge in [0.2, 0.25) is 5.91 Å². The van der Waals surface area contributed by atoms with E-state index in [4.69, 9.17) is 4.74 Å². The first-order chi connectivity index (χ1) is 10.2. The number of esters is 1. The lowest BCUT2D eigenvalue weighted by molar-refractivity contribution is -0.149. The van der Waals surface area contributed by atoms with E-state index >= 15 is 0 Å². The predicted octanol–water partition coefficient (Wildman–Crippen LogP) is 2.76. The summed E-state index contributed by atoms with van der Waals surface area (Å²) in [4.78, 5) is 23.9. The lowest BCUT2D eigenvalue weighted by Gasteiger charge is -2.20. The van der Waals surface area contributed by atoms with E-state index in [1.54, 1.807) is 0 Å². The van der Waals surface area contributed by atoms with Gasteiger partial charge < -0.3 is 10.1 Å². The fourth-order valence-electron chi connectivity index (χ4n) is 2.21. The van der Waals surface area contributed by atoms with Gasteiger partial charge in [-0.2, -0.15) is 0 Å². The molecule has 21 heavy (non-hydrogen) atoms. The van der Waals surface area contributed by atoms with Crippen LogP contribution in [0.15, 0.2) is 42.5 Å². The second-order valence-electron chi connectivity index (χ2n) is 5.31. The fourth-order valence-corrected chi connectivity index (χ4v) is 2.21. The molecule has 0 saturated carbocycles. The van der Waals surface area contributed by atoms with Crippen LogP contribution < -0.4 is 5.32 Å². The molecule has 0 aliphatic carbocycles. The Morgan fingerprint density at radius 1 is 1.14 bits per heavy atom. The number of benzene rings is 1. The Morgan fingerprint density at radius 2 is 1.90 bits per heavy atom. The van der Waals surface area contributed by atoms with Crippen molar-refractivity contribution in [3.8, 4) is 0 Å². The van der Waals surface area contributed by atoms with Crippen LogP contribution in [0.1, 0.15) is 37.8 Å². The quantitative estimate of drug-likeness (QED) is 0.638. The largest absolute Gasteiger partial charge is 0.463 e. The Bertz CT molecular complexity index is 510. The average molecular weight is 287 g/mol. The van der Waals surface area contributed by atoms with Gasteiger partial charge in [0, 0.05) is 6.42 Å². The number of hydrogen-bond acceptors (Lipinski definition) is 3. The molecule has 2 atom stereocenters. The minimum atomic E-state index is -0.293.